The van der Waals surface area contributed by atoms with Gasteiger partial charge in [0.25, 0.3) is 0 Å². The highest BCUT2D eigenvalue weighted by molar-refractivity contribution is 6.33. The van der Waals surface area contributed by atoms with Crippen LogP contribution in [0.5, 0.6) is 0 Å². The topological polar surface area (TPSA) is 80.5 Å². The van der Waals surface area contributed by atoms with Crippen molar-refractivity contribution >= 4 is 23.3 Å². The van der Waals surface area contributed by atoms with Gasteiger partial charge in [-0.25, -0.2) is 4.98 Å². The third-order valence-electron chi connectivity index (χ3n) is 3.22. The van der Waals surface area contributed by atoms with Gasteiger partial charge in [-0.3, -0.25) is 4.79 Å². The highest BCUT2D eigenvalue weighted by Crippen LogP contribution is 2.29. The molecule has 0 bridgehead atoms. The van der Waals surface area contributed by atoms with Gasteiger partial charge in [0.05, 0.1) is 18.2 Å². The smallest absolute Gasteiger partial charge is 0.245 e. The standard InChI is InChI=1S/C13H19ClN4O2/c1-2-16-13(19)10-8-20-6-5-18(10)12-11(14)9(7-15)3-4-17-12/h3-4,10H,2,5-8,15H2,1H3,(H,16,19). The molecule has 0 aromatic carbocycles. The minimum atomic E-state index is -0.415. The Morgan fingerprint density at radius 1 is 1.70 bits per heavy atom. The Kier molecular flexibility index (Phi) is 5.17. The molecule has 0 saturated carbocycles. The van der Waals surface area contributed by atoms with Gasteiger partial charge in [0, 0.05) is 25.8 Å². The van der Waals surface area contributed by atoms with Crippen molar-refractivity contribution in [3.63, 3.8) is 0 Å². The van der Waals surface area contributed by atoms with E-state index in [0.717, 1.165) is 5.56 Å². The number of hydrogen-bond donors (Lipinski definition) is 2. The average molecular weight is 299 g/mol. The van der Waals surface area contributed by atoms with Gasteiger partial charge in [-0.05, 0) is 18.6 Å². The zero-order valence-corrected chi connectivity index (χ0v) is 12.2. The summed E-state index contributed by atoms with van der Waals surface area (Å²) in [6.07, 6.45) is 1.66. The highest BCUT2D eigenvalue weighted by Gasteiger charge is 2.31. The third kappa shape index (κ3) is 3.03. The summed E-state index contributed by atoms with van der Waals surface area (Å²) in [6, 6.07) is 1.37. The number of nitrogens with two attached hydrogens (primary N) is 1. The predicted molar refractivity (Wildman–Crippen MR) is 77.8 cm³/mol. The molecule has 3 N–H and O–H groups in total. The van der Waals surface area contributed by atoms with Crippen molar-refractivity contribution in [3.05, 3.63) is 22.8 Å². The summed E-state index contributed by atoms with van der Waals surface area (Å²) in [5.74, 6) is 0.511. The third-order valence-corrected chi connectivity index (χ3v) is 3.64. The first-order valence-corrected chi connectivity index (χ1v) is 7.02. The Morgan fingerprint density at radius 2 is 2.50 bits per heavy atom. The van der Waals surface area contributed by atoms with Crippen LogP contribution in [-0.4, -0.2) is 43.2 Å². The lowest BCUT2D eigenvalue weighted by atomic mass is 10.2. The van der Waals surface area contributed by atoms with Gasteiger partial charge in [-0.1, -0.05) is 11.6 Å². The summed E-state index contributed by atoms with van der Waals surface area (Å²) in [5.41, 5.74) is 6.47. The lowest BCUT2D eigenvalue weighted by molar-refractivity contribution is -0.124. The van der Waals surface area contributed by atoms with Crippen molar-refractivity contribution in [1.29, 1.82) is 0 Å². The molecule has 1 atom stereocenters. The number of halogens is 1. The summed E-state index contributed by atoms with van der Waals surface area (Å²) in [4.78, 5) is 18.3. The second-order valence-electron chi connectivity index (χ2n) is 4.49. The summed E-state index contributed by atoms with van der Waals surface area (Å²) in [7, 11) is 0. The van der Waals surface area contributed by atoms with Crippen LogP contribution in [-0.2, 0) is 16.1 Å². The van der Waals surface area contributed by atoms with E-state index < -0.39 is 6.04 Å². The minimum absolute atomic E-state index is 0.0804. The van der Waals surface area contributed by atoms with Crippen LogP contribution in [0.1, 0.15) is 12.5 Å². The number of nitrogens with zero attached hydrogens (tertiary/aromatic N) is 2. The maximum Gasteiger partial charge on any atom is 0.245 e. The number of aromatic nitrogens is 1. The molecule has 1 aliphatic rings. The fourth-order valence-electron chi connectivity index (χ4n) is 2.20. The molecule has 6 nitrogen and oxygen atoms in total. The molecule has 0 spiro atoms. The molecule has 2 rings (SSSR count). The number of pyridine rings is 1. The summed E-state index contributed by atoms with van der Waals surface area (Å²) >= 11 is 6.33. The van der Waals surface area contributed by atoms with Gasteiger partial charge < -0.3 is 20.7 Å². The molecular weight excluding hydrogens is 280 g/mol. The SMILES string of the molecule is CCNC(=O)C1COCCN1c1nccc(CN)c1Cl. The monoisotopic (exact) mass is 298 g/mol. The molecule has 1 unspecified atom stereocenters. The zero-order valence-electron chi connectivity index (χ0n) is 11.4. The van der Waals surface area contributed by atoms with Crippen molar-refractivity contribution in [2.45, 2.75) is 19.5 Å². The van der Waals surface area contributed by atoms with E-state index in [1.807, 2.05) is 11.8 Å². The van der Waals surface area contributed by atoms with Crippen LogP contribution in [0.4, 0.5) is 5.82 Å². The second-order valence-corrected chi connectivity index (χ2v) is 4.87. The Bertz CT molecular complexity index is 483. The van der Waals surface area contributed by atoms with E-state index >= 15 is 0 Å². The molecular formula is C13H19ClN4O2. The van der Waals surface area contributed by atoms with Gasteiger partial charge in [-0.15, -0.1) is 0 Å². The van der Waals surface area contributed by atoms with E-state index in [1.165, 1.54) is 0 Å². The van der Waals surface area contributed by atoms with Crippen LogP contribution in [0, 0.1) is 0 Å². The van der Waals surface area contributed by atoms with Crippen LogP contribution in [0.15, 0.2) is 12.3 Å². The number of anilines is 1. The fourth-order valence-corrected chi connectivity index (χ4v) is 2.49. The summed E-state index contributed by atoms with van der Waals surface area (Å²) in [6.45, 7) is 4.24. The number of likely N-dealkylation sites (N-methyl/N-ethyl adjacent to an activating group) is 1. The lowest BCUT2D eigenvalue weighted by Crippen LogP contribution is -2.54. The number of ether oxygens (including phenoxy) is 1. The number of nitrogens with one attached hydrogen (secondary N) is 1. The molecule has 0 radical (unpaired) electrons. The van der Waals surface area contributed by atoms with Gasteiger partial charge in [0.2, 0.25) is 5.91 Å². The van der Waals surface area contributed by atoms with Crippen LogP contribution in [0.3, 0.4) is 0 Å². The van der Waals surface area contributed by atoms with E-state index in [0.29, 0.717) is 43.7 Å². The number of morpholine rings is 1. The van der Waals surface area contributed by atoms with Gasteiger partial charge >= 0.3 is 0 Å². The summed E-state index contributed by atoms with van der Waals surface area (Å²) < 4.78 is 5.40. The predicted octanol–water partition coefficient (Wildman–Crippen LogP) is 0.535. The quantitative estimate of drug-likeness (QED) is 0.848. The van der Waals surface area contributed by atoms with Gasteiger partial charge in [-0.2, -0.15) is 0 Å². The molecule has 1 fully saturated rings. The first-order chi connectivity index (χ1) is 9.69. The molecule has 1 aromatic rings. The normalized spacial score (nSPS) is 18.9. The van der Waals surface area contributed by atoms with E-state index in [1.54, 1.807) is 12.3 Å². The second kappa shape index (κ2) is 6.88. The van der Waals surface area contributed by atoms with E-state index in [-0.39, 0.29) is 5.91 Å². The molecule has 1 aliphatic heterocycles. The largest absolute Gasteiger partial charge is 0.377 e. The van der Waals surface area contributed by atoms with E-state index in [9.17, 15) is 4.79 Å². The Hall–Kier alpha value is -1.37. The van der Waals surface area contributed by atoms with Gasteiger partial charge in [0.1, 0.15) is 11.9 Å². The van der Waals surface area contributed by atoms with Gasteiger partial charge in [0.15, 0.2) is 0 Å². The van der Waals surface area contributed by atoms with Crippen LogP contribution >= 0.6 is 11.6 Å². The first-order valence-electron chi connectivity index (χ1n) is 6.64. The van der Waals surface area contributed by atoms with E-state index in [4.69, 9.17) is 22.1 Å². The zero-order chi connectivity index (χ0) is 14.5. The molecule has 7 heteroatoms. The van der Waals surface area contributed by atoms with Crippen LogP contribution in [0.25, 0.3) is 0 Å². The highest BCUT2D eigenvalue weighted by atomic mass is 35.5. The maximum absolute atomic E-state index is 12.1. The Morgan fingerprint density at radius 3 is 3.20 bits per heavy atom. The van der Waals surface area contributed by atoms with Crippen LogP contribution in [0.2, 0.25) is 5.02 Å². The maximum atomic E-state index is 12.1. The average Bonchev–Trinajstić information content (AvgIpc) is 2.48. The molecule has 1 saturated heterocycles. The van der Waals surface area contributed by atoms with Crippen molar-refractivity contribution < 1.29 is 9.53 Å². The minimum Gasteiger partial charge on any atom is -0.377 e. The Balaban J connectivity index is 2.30. The number of carbonyl (C=O) groups is 1. The molecule has 2 heterocycles. The lowest BCUT2D eigenvalue weighted by Gasteiger charge is -2.36. The summed E-state index contributed by atoms with van der Waals surface area (Å²) in [5, 5.41) is 3.31. The number of rotatable bonds is 4. The molecule has 110 valence electrons. The molecule has 1 aromatic heterocycles. The number of hydrogen-bond acceptors (Lipinski definition) is 5. The van der Waals surface area contributed by atoms with Crippen molar-refractivity contribution in [1.82, 2.24) is 10.3 Å². The first kappa shape index (κ1) is 15.0. The molecule has 1 amide bonds. The Labute approximate surface area is 123 Å². The molecule has 0 aliphatic carbocycles. The van der Waals surface area contributed by atoms with Crippen molar-refractivity contribution in [2.75, 3.05) is 31.2 Å². The van der Waals surface area contributed by atoms with Crippen molar-refractivity contribution in [3.8, 4) is 0 Å². The number of carbonyl (C=O) groups excluding carboxylic acids is 1. The fraction of sp³-hybridized carbons (Fsp3) is 0.538. The number of amides is 1. The van der Waals surface area contributed by atoms with Crippen molar-refractivity contribution in [2.24, 2.45) is 5.73 Å². The molecule has 20 heavy (non-hydrogen) atoms. The van der Waals surface area contributed by atoms with Crippen LogP contribution < -0.4 is 16.0 Å². The van der Waals surface area contributed by atoms with E-state index in [2.05, 4.69) is 10.3 Å².